The van der Waals surface area contributed by atoms with E-state index in [-0.39, 0.29) is 6.61 Å². The first-order valence-electron chi connectivity index (χ1n) is 5.20. The summed E-state index contributed by atoms with van der Waals surface area (Å²) in [5.41, 5.74) is 0. The molecule has 92 valence electrons. The summed E-state index contributed by atoms with van der Waals surface area (Å²) < 4.78 is 7.00. The molecule has 2 aromatic heterocycles. The van der Waals surface area contributed by atoms with Crippen LogP contribution in [-0.2, 0) is 17.9 Å². The van der Waals surface area contributed by atoms with Gasteiger partial charge in [0.1, 0.15) is 0 Å². The number of aromatic nitrogens is 2. The molecule has 0 bridgehead atoms. The number of aliphatic hydroxyl groups is 1. The predicted octanol–water partition coefficient (Wildman–Crippen LogP) is 2.18. The van der Waals surface area contributed by atoms with Crippen LogP contribution < -0.4 is 0 Å². The summed E-state index contributed by atoms with van der Waals surface area (Å²) in [7, 11) is 0. The van der Waals surface area contributed by atoms with Gasteiger partial charge in [-0.2, -0.15) is 5.10 Å². The molecule has 0 aliphatic heterocycles. The van der Waals surface area contributed by atoms with E-state index in [0.717, 1.165) is 4.88 Å². The standard InChI is InChI=1S/C11H13ClN2O2S/c12-9-4-13-14(5-9)6-10(15)7-16-8-11-2-1-3-17-11/h1-5,10,15H,6-8H2/t10-/m0/s1. The lowest BCUT2D eigenvalue weighted by Crippen LogP contribution is -2.22. The van der Waals surface area contributed by atoms with Crippen molar-refractivity contribution >= 4 is 22.9 Å². The molecule has 2 aromatic rings. The molecule has 1 atom stereocenters. The van der Waals surface area contributed by atoms with Gasteiger partial charge in [0.05, 0.1) is 37.1 Å². The molecule has 2 rings (SSSR count). The molecule has 2 heterocycles. The third-order valence-electron chi connectivity index (χ3n) is 2.13. The Morgan fingerprint density at radius 2 is 2.47 bits per heavy atom. The highest BCUT2D eigenvalue weighted by Crippen LogP contribution is 2.10. The van der Waals surface area contributed by atoms with Crippen molar-refractivity contribution in [2.75, 3.05) is 6.61 Å². The van der Waals surface area contributed by atoms with E-state index < -0.39 is 6.10 Å². The van der Waals surface area contributed by atoms with Gasteiger partial charge >= 0.3 is 0 Å². The van der Waals surface area contributed by atoms with Crippen LogP contribution in [0.5, 0.6) is 0 Å². The first-order valence-corrected chi connectivity index (χ1v) is 6.46. The number of thiophene rings is 1. The summed E-state index contributed by atoms with van der Waals surface area (Å²) in [5, 5.41) is 16.3. The van der Waals surface area contributed by atoms with Crippen LogP contribution in [-0.4, -0.2) is 27.6 Å². The van der Waals surface area contributed by atoms with Crippen molar-refractivity contribution in [2.24, 2.45) is 0 Å². The van der Waals surface area contributed by atoms with E-state index in [4.69, 9.17) is 16.3 Å². The fraction of sp³-hybridized carbons (Fsp3) is 0.364. The maximum Gasteiger partial charge on any atom is 0.0969 e. The van der Waals surface area contributed by atoms with Gasteiger partial charge in [-0.25, -0.2) is 0 Å². The van der Waals surface area contributed by atoms with E-state index in [1.54, 1.807) is 28.4 Å². The minimum Gasteiger partial charge on any atom is -0.389 e. The molecular formula is C11H13ClN2O2S. The van der Waals surface area contributed by atoms with Crippen LogP contribution in [0, 0.1) is 0 Å². The van der Waals surface area contributed by atoms with E-state index in [2.05, 4.69) is 5.10 Å². The van der Waals surface area contributed by atoms with Crippen LogP contribution in [0.25, 0.3) is 0 Å². The van der Waals surface area contributed by atoms with Gasteiger partial charge in [-0.1, -0.05) is 17.7 Å². The van der Waals surface area contributed by atoms with Gasteiger partial charge in [0.2, 0.25) is 0 Å². The van der Waals surface area contributed by atoms with Gasteiger partial charge in [-0.3, -0.25) is 4.68 Å². The number of rotatable bonds is 6. The number of halogens is 1. The largest absolute Gasteiger partial charge is 0.389 e. The summed E-state index contributed by atoms with van der Waals surface area (Å²) in [6.45, 7) is 1.21. The fourth-order valence-corrected chi connectivity index (χ4v) is 2.19. The molecule has 6 heteroatoms. The van der Waals surface area contributed by atoms with Gasteiger partial charge in [0, 0.05) is 11.1 Å². The summed E-state index contributed by atoms with van der Waals surface area (Å²) in [5.74, 6) is 0. The van der Waals surface area contributed by atoms with E-state index >= 15 is 0 Å². The number of hydrogen-bond acceptors (Lipinski definition) is 4. The smallest absolute Gasteiger partial charge is 0.0969 e. The number of ether oxygens (including phenoxy) is 1. The Labute approximate surface area is 108 Å². The highest BCUT2D eigenvalue weighted by Gasteiger charge is 2.06. The van der Waals surface area contributed by atoms with Crippen molar-refractivity contribution in [1.82, 2.24) is 9.78 Å². The molecule has 4 nitrogen and oxygen atoms in total. The van der Waals surface area contributed by atoms with Crippen LogP contribution >= 0.6 is 22.9 Å². The monoisotopic (exact) mass is 272 g/mol. The molecule has 0 radical (unpaired) electrons. The highest BCUT2D eigenvalue weighted by molar-refractivity contribution is 7.09. The molecule has 0 aromatic carbocycles. The minimum atomic E-state index is -0.578. The molecule has 0 spiro atoms. The summed E-state index contributed by atoms with van der Waals surface area (Å²) in [6, 6.07) is 3.98. The Morgan fingerprint density at radius 3 is 3.12 bits per heavy atom. The molecular weight excluding hydrogens is 260 g/mol. The molecule has 0 aliphatic rings. The second-order valence-electron chi connectivity index (χ2n) is 3.63. The Kier molecular flexibility index (Phi) is 4.56. The van der Waals surface area contributed by atoms with Gasteiger partial charge in [0.25, 0.3) is 0 Å². The van der Waals surface area contributed by atoms with E-state index in [0.29, 0.717) is 18.2 Å². The quantitative estimate of drug-likeness (QED) is 0.877. The first-order chi connectivity index (χ1) is 8.24. The molecule has 1 N–H and O–H groups in total. The Hall–Kier alpha value is -0.880. The van der Waals surface area contributed by atoms with E-state index in [1.807, 2.05) is 17.5 Å². The zero-order valence-corrected chi connectivity index (χ0v) is 10.7. The van der Waals surface area contributed by atoms with Crippen LogP contribution in [0.2, 0.25) is 5.02 Å². The third kappa shape index (κ3) is 4.12. The van der Waals surface area contributed by atoms with E-state index in [9.17, 15) is 5.11 Å². The first kappa shape index (κ1) is 12.6. The second-order valence-corrected chi connectivity index (χ2v) is 5.10. The van der Waals surface area contributed by atoms with Crippen molar-refractivity contribution in [2.45, 2.75) is 19.3 Å². The second kappa shape index (κ2) is 6.16. The topological polar surface area (TPSA) is 47.3 Å². The number of aliphatic hydroxyl groups excluding tert-OH is 1. The summed E-state index contributed by atoms with van der Waals surface area (Å²) in [6.07, 6.45) is 2.64. The maximum atomic E-state index is 9.71. The number of nitrogens with zero attached hydrogens (tertiary/aromatic N) is 2. The van der Waals surface area contributed by atoms with Crippen molar-refractivity contribution in [1.29, 1.82) is 0 Å². The zero-order valence-electron chi connectivity index (χ0n) is 9.12. The molecule has 0 amide bonds. The van der Waals surface area contributed by atoms with Crippen molar-refractivity contribution in [3.05, 3.63) is 39.8 Å². The SMILES string of the molecule is O[C@H](COCc1cccs1)Cn1cc(Cl)cn1. The average Bonchev–Trinajstić information content (AvgIpc) is 2.90. The minimum absolute atomic E-state index is 0.287. The summed E-state index contributed by atoms with van der Waals surface area (Å²) in [4.78, 5) is 1.15. The average molecular weight is 273 g/mol. The van der Waals surface area contributed by atoms with Crippen molar-refractivity contribution in [3.63, 3.8) is 0 Å². The summed E-state index contributed by atoms with van der Waals surface area (Å²) >= 11 is 7.36. The number of hydrogen-bond donors (Lipinski definition) is 1. The van der Waals surface area contributed by atoms with Gasteiger partial charge in [-0.15, -0.1) is 11.3 Å². The molecule has 0 saturated heterocycles. The normalized spacial score (nSPS) is 12.8. The van der Waals surface area contributed by atoms with Crippen LogP contribution in [0.4, 0.5) is 0 Å². The highest BCUT2D eigenvalue weighted by atomic mass is 35.5. The van der Waals surface area contributed by atoms with Crippen molar-refractivity contribution in [3.8, 4) is 0 Å². The molecule has 0 saturated carbocycles. The lowest BCUT2D eigenvalue weighted by atomic mass is 10.4. The Bertz CT molecular complexity index is 444. The molecule has 17 heavy (non-hydrogen) atoms. The third-order valence-corrected chi connectivity index (χ3v) is 3.18. The molecule has 0 aliphatic carbocycles. The lowest BCUT2D eigenvalue weighted by Gasteiger charge is -2.10. The zero-order chi connectivity index (χ0) is 12.1. The van der Waals surface area contributed by atoms with Crippen LogP contribution in [0.3, 0.4) is 0 Å². The predicted molar refractivity (Wildman–Crippen MR) is 67.2 cm³/mol. The Morgan fingerprint density at radius 1 is 1.59 bits per heavy atom. The van der Waals surface area contributed by atoms with E-state index in [1.165, 1.54) is 0 Å². The van der Waals surface area contributed by atoms with Gasteiger partial charge in [0.15, 0.2) is 0 Å². The van der Waals surface area contributed by atoms with Crippen molar-refractivity contribution < 1.29 is 9.84 Å². The van der Waals surface area contributed by atoms with Gasteiger partial charge in [-0.05, 0) is 11.4 Å². The van der Waals surface area contributed by atoms with Crippen LogP contribution in [0.15, 0.2) is 29.9 Å². The van der Waals surface area contributed by atoms with Gasteiger partial charge < -0.3 is 9.84 Å². The fourth-order valence-electron chi connectivity index (χ4n) is 1.40. The molecule has 0 unspecified atom stereocenters. The lowest BCUT2D eigenvalue weighted by molar-refractivity contribution is 0.0196. The molecule has 0 fully saturated rings. The maximum absolute atomic E-state index is 9.71. The Balaban J connectivity index is 1.69. The van der Waals surface area contributed by atoms with Crippen LogP contribution in [0.1, 0.15) is 4.88 Å².